The number of benzene rings is 2. The normalized spacial score (nSPS) is 12.7. The minimum Gasteiger partial charge on any atom is -0.490 e. The molecule has 0 fully saturated rings. The zero-order valence-corrected chi connectivity index (χ0v) is 36.4. The van der Waals surface area contributed by atoms with Gasteiger partial charge in [0.05, 0.1) is 11.3 Å². The Bertz CT molecular complexity index is 2290. The van der Waals surface area contributed by atoms with E-state index in [2.05, 4.69) is 26.7 Å². The zero-order chi connectivity index (χ0) is 45.1. The highest BCUT2D eigenvalue weighted by Gasteiger charge is 2.28. The zero-order valence-electron chi connectivity index (χ0n) is 34.8. The number of carbonyl (C=O) groups excluding carboxylic acids is 4. The Morgan fingerprint density at radius 1 is 0.820 bits per heavy atom. The first-order valence-corrected chi connectivity index (χ1v) is 20.1. The van der Waals surface area contributed by atoms with Crippen molar-refractivity contribution in [3.05, 3.63) is 76.6 Å². The van der Waals surface area contributed by atoms with E-state index in [9.17, 15) is 29.7 Å². The number of alkyl carbamates (subject to hydrolysis) is 2. The van der Waals surface area contributed by atoms with Gasteiger partial charge < -0.3 is 44.5 Å². The molecular formula is C42H46ClN7O10S. The summed E-state index contributed by atoms with van der Waals surface area (Å²) in [6.45, 7) is 11.9. The monoisotopic (exact) mass is 875 g/mol. The van der Waals surface area contributed by atoms with Crippen molar-refractivity contribution in [3.8, 4) is 40.5 Å². The largest absolute Gasteiger partial charge is 0.490 e. The van der Waals surface area contributed by atoms with Crippen LogP contribution in [0.25, 0.3) is 22.6 Å². The third kappa shape index (κ3) is 14.3. The Kier molecular flexibility index (Phi) is 16.0. The maximum Gasteiger partial charge on any atom is 0.408 e. The number of pyridine rings is 1. The number of thioether (sulfide) groups is 1. The predicted molar refractivity (Wildman–Crippen MR) is 224 cm³/mol. The van der Waals surface area contributed by atoms with Crippen molar-refractivity contribution in [1.82, 2.24) is 20.6 Å². The first kappa shape index (κ1) is 47.2. The summed E-state index contributed by atoms with van der Waals surface area (Å²) >= 11 is 7.19. The number of nitrogens with zero attached hydrogens (tertiary/aromatic N) is 4. The van der Waals surface area contributed by atoms with Gasteiger partial charge in [0, 0.05) is 21.9 Å². The summed E-state index contributed by atoms with van der Waals surface area (Å²) in [4.78, 5) is 59.2. The van der Waals surface area contributed by atoms with Crippen LogP contribution in [0.2, 0.25) is 5.02 Å². The highest BCUT2D eigenvalue weighted by molar-refractivity contribution is 7.98. The summed E-state index contributed by atoms with van der Waals surface area (Å²) in [5.41, 5.74) is 6.74. The minimum absolute atomic E-state index is 0.000630. The third-order valence-electron chi connectivity index (χ3n) is 7.86. The molecule has 0 aliphatic rings. The molecule has 0 spiro atoms. The van der Waals surface area contributed by atoms with E-state index in [1.54, 1.807) is 90.1 Å². The molecule has 4 aromatic rings. The first-order valence-electron chi connectivity index (χ1n) is 18.7. The number of hydrogen-bond acceptors (Lipinski definition) is 16. The number of nitriles is 2. The lowest BCUT2D eigenvalue weighted by Gasteiger charge is -2.24. The van der Waals surface area contributed by atoms with Crippen LogP contribution < -0.4 is 21.1 Å². The van der Waals surface area contributed by atoms with Gasteiger partial charge in [-0.3, -0.25) is 0 Å². The van der Waals surface area contributed by atoms with Gasteiger partial charge in [-0.1, -0.05) is 35.5 Å². The van der Waals surface area contributed by atoms with Crippen LogP contribution in [0.5, 0.6) is 5.75 Å². The molecule has 2 amide bonds. The number of halogens is 1. The van der Waals surface area contributed by atoms with Gasteiger partial charge in [-0.2, -0.15) is 10.5 Å². The summed E-state index contributed by atoms with van der Waals surface area (Å²) in [5, 5.41) is 26.0. The van der Waals surface area contributed by atoms with Crippen LogP contribution in [-0.2, 0) is 34.3 Å². The lowest BCUT2D eigenvalue weighted by molar-refractivity contribution is -0.162. The van der Waals surface area contributed by atoms with Crippen molar-refractivity contribution >= 4 is 53.3 Å². The number of ether oxygens (including phenoxy) is 5. The number of nitrogens with one attached hydrogen (secondary N) is 2. The summed E-state index contributed by atoms with van der Waals surface area (Å²) in [5.74, 6) is -0.880. The van der Waals surface area contributed by atoms with E-state index in [4.69, 9.17) is 45.4 Å². The number of carbonyl (C=O) groups is 4. The topological polar surface area (TPSA) is 251 Å². The number of anilines is 1. The lowest BCUT2D eigenvalue weighted by atomic mass is 9.97. The molecule has 3 atom stereocenters. The van der Waals surface area contributed by atoms with Gasteiger partial charge in [0.2, 0.25) is 5.89 Å². The second kappa shape index (κ2) is 20.7. The summed E-state index contributed by atoms with van der Waals surface area (Å²) < 4.78 is 32.9. The van der Waals surface area contributed by atoms with Gasteiger partial charge in [-0.15, -0.1) is 0 Å². The maximum atomic E-state index is 13.1. The lowest BCUT2D eigenvalue weighted by Crippen LogP contribution is -2.45. The minimum atomic E-state index is -1.20. The van der Waals surface area contributed by atoms with Crippen molar-refractivity contribution in [1.29, 1.82) is 10.5 Å². The molecule has 17 nitrogen and oxygen atoms in total. The molecule has 3 unspecified atom stereocenters. The van der Waals surface area contributed by atoms with E-state index in [0.29, 0.717) is 22.2 Å². The van der Waals surface area contributed by atoms with E-state index in [1.165, 1.54) is 31.9 Å². The molecule has 0 saturated heterocycles. The van der Waals surface area contributed by atoms with Gasteiger partial charge in [-0.25, -0.2) is 29.1 Å². The molecule has 0 bridgehead atoms. The second-order valence-corrected chi connectivity index (χ2v) is 16.8. The Balaban J connectivity index is 1.50. The van der Waals surface area contributed by atoms with Crippen LogP contribution in [0.1, 0.15) is 72.2 Å². The highest BCUT2D eigenvalue weighted by atomic mass is 35.5. The molecule has 2 aromatic carbocycles. The van der Waals surface area contributed by atoms with E-state index in [1.807, 2.05) is 6.07 Å². The van der Waals surface area contributed by atoms with Crippen LogP contribution in [0.3, 0.4) is 0 Å². The average Bonchev–Trinajstić information content (AvgIpc) is 3.65. The molecule has 0 saturated carbocycles. The van der Waals surface area contributed by atoms with Crippen molar-refractivity contribution < 1.29 is 47.3 Å². The standard InChI is InChI=1S/C42H46ClN7O10S/c1-23(47-39(53)59-41(3,4)5)37(51)57-21-30(58-38(52)24(2)48-40(54)60-42(6,7)8)20-55-29-15-11-25(12-16-29)33-31(17-44)34(46)50-36(32(33)18-45)61-22-28-19-56-35(49-28)26-9-13-27(43)14-10-26/h9-16,19,23-24,30H,20-22H2,1-8H3,(H2,46,50)(H,47,53)(H,48,54). The fourth-order valence-corrected chi connectivity index (χ4v) is 6.11. The smallest absolute Gasteiger partial charge is 0.408 e. The number of esters is 2. The third-order valence-corrected chi connectivity index (χ3v) is 9.12. The first-order chi connectivity index (χ1) is 28.7. The summed E-state index contributed by atoms with van der Waals surface area (Å²) in [6.07, 6.45) is -1.39. The summed E-state index contributed by atoms with van der Waals surface area (Å²) in [7, 11) is 0. The Morgan fingerprint density at radius 2 is 1.38 bits per heavy atom. The number of aromatic nitrogens is 2. The van der Waals surface area contributed by atoms with E-state index >= 15 is 0 Å². The number of oxazole rings is 1. The summed E-state index contributed by atoms with van der Waals surface area (Å²) in [6, 6.07) is 15.2. The van der Waals surface area contributed by atoms with Gasteiger partial charge in [-0.05, 0) is 97.4 Å². The molecule has 322 valence electrons. The van der Waals surface area contributed by atoms with Crippen LogP contribution in [0.4, 0.5) is 15.4 Å². The Morgan fingerprint density at radius 3 is 1.93 bits per heavy atom. The number of amides is 2. The molecule has 61 heavy (non-hydrogen) atoms. The number of nitrogen functional groups attached to an aromatic ring is 1. The molecule has 0 aliphatic heterocycles. The van der Waals surface area contributed by atoms with Gasteiger partial charge in [0.25, 0.3) is 0 Å². The number of nitrogens with two attached hydrogens (primary N) is 1. The van der Waals surface area contributed by atoms with Crippen LogP contribution in [-0.4, -0.2) is 76.7 Å². The molecule has 2 aromatic heterocycles. The van der Waals surface area contributed by atoms with Crippen molar-refractivity contribution in [2.75, 3.05) is 18.9 Å². The average molecular weight is 876 g/mol. The van der Waals surface area contributed by atoms with Crippen molar-refractivity contribution in [2.24, 2.45) is 0 Å². The SMILES string of the molecule is CC(NC(=O)OC(C)(C)C)C(=O)OCC(COc1ccc(-c2c(C#N)c(N)nc(SCc3coc(-c4ccc(Cl)cc4)n3)c2C#N)cc1)OC(=O)C(C)NC(=O)OC(C)(C)C. The molecule has 0 radical (unpaired) electrons. The van der Waals surface area contributed by atoms with Gasteiger partial charge in [0.1, 0.15) is 77.1 Å². The number of rotatable bonds is 15. The predicted octanol–water partition coefficient (Wildman–Crippen LogP) is 7.34. The van der Waals surface area contributed by atoms with Crippen LogP contribution in [0.15, 0.2) is 64.2 Å². The second-order valence-electron chi connectivity index (χ2n) is 15.4. The fourth-order valence-electron chi connectivity index (χ4n) is 5.11. The van der Waals surface area contributed by atoms with Gasteiger partial charge >= 0.3 is 24.1 Å². The molecule has 0 aliphatic carbocycles. The Labute approximate surface area is 362 Å². The molecule has 4 N–H and O–H groups in total. The Hall–Kier alpha value is -6.50. The fraction of sp³-hybridized carbons (Fsp3) is 0.381. The van der Waals surface area contributed by atoms with Crippen LogP contribution in [0, 0.1) is 22.7 Å². The number of hydrogen-bond donors (Lipinski definition) is 3. The molecule has 4 rings (SSSR count). The van der Waals surface area contributed by atoms with Crippen molar-refractivity contribution in [2.45, 2.75) is 95.6 Å². The highest BCUT2D eigenvalue weighted by Crippen LogP contribution is 2.37. The van der Waals surface area contributed by atoms with E-state index in [0.717, 1.165) is 5.56 Å². The molecular weight excluding hydrogens is 830 g/mol. The van der Waals surface area contributed by atoms with Crippen molar-refractivity contribution in [3.63, 3.8) is 0 Å². The molecule has 19 heteroatoms. The van der Waals surface area contributed by atoms with Crippen LogP contribution >= 0.6 is 23.4 Å². The maximum absolute atomic E-state index is 13.1. The van der Waals surface area contributed by atoms with E-state index < -0.39 is 60.1 Å². The quantitative estimate of drug-likeness (QED) is 0.0600. The van der Waals surface area contributed by atoms with Gasteiger partial charge in [0.15, 0.2) is 6.10 Å². The van der Waals surface area contributed by atoms with E-state index in [-0.39, 0.29) is 45.6 Å². The molecule has 2 heterocycles.